The molecule has 1 N–H and O–H groups in total. The van der Waals surface area contributed by atoms with Gasteiger partial charge in [-0.2, -0.15) is 13.2 Å². The second-order valence-electron chi connectivity index (χ2n) is 8.30. The molecule has 2 aliphatic heterocycles. The lowest BCUT2D eigenvalue weighted by atomic mass is 10.2. The molecule has 1 aromatic rings. The molecule has 3 rings (SSSR count). The summed E-state index contributed by atoms with van der Waals surface area (Å²) in [6, 6.07) is 3.36. The van der Waals surface area contributed by atoms with Gasteiger partial charge < -0.3 is 9.80 Å². The molecule has 0 spiro atoms. The van der Waals surface area contributed by atoms with E-state index < -0.39 is 39.1 Å². The third kappa shape index (κ3) is 7.15. The molecule has 1 aromatic carbocycles. The summed E-state index contributed by atoms with van der Waals surface area (Å²) in [4.78, 5) is 29.8. The zero-order chi connectivity index (χ0) is 24.1. The third-order valence-electron chi connectivity index (χ3n) is 5.93. The molecule has 33 heavy (non-hydrogen) atoms. The predicted molar refractivity (Wildman–Crippen MR) is 115 cm³/mol. The molecule has 184 valence electrons. The van der Waals surface area contributed by atoms with Crippen LogP contribution in [0.4, 0.5) is 13.2 Å². The number of piperazine rings is 1. The van der Waals surface area contributed by atoms with Gasteiger partial charge in [0.2, 0.25) is 21.8 Å². The largest absolute Gasteiger partial charge is 0.416 e. The maximum Gasteiger partial charge on any atom is 0.416 e. The Morgan fingerprint density at radius 2 is 1.48 bits per heavy atom. The Bertz CT molecular complexity index is 939. The van der Waals surface area contributed by atoms with Crippen LogP contribution in [0.1, 0.15) is 31.2 Å². The number of carbonyl (C=O) groups excluding carboxylic acids is 2. The first-order valence-electron chi connectivity index (χ1n) is 11.0. The van der Waals surface area contributed by atoms with Gasteiger partial charge in [-0.15, -0.1) is 0 Å². The highest BCUT2D eigenvalue weighted by molar-refractivity contribution is 7.89. The van der Waals surface area contributed by atoms with Gasteiger partial charge in [-0.05, 0) is 31.0 Å². The third-order valence-corrected chi connectivity index (χ3v) is 7.33. The molecule has 2 heterocycles. The topological polar surface area (TPSA) is 90.0 Å². The number of rotatable bonds is 6. The van der Waals surface area contributed by atoms with E-state index in [0.29, 0.717) is 38.8 Å². The zero-order valence-electron chi connectivity index (χ0n) is 18.3. The highest BCUT2D eigenvalue weighted by atomic mass is 32.2. The van der Waals surface area contributed by atoms with Crippen molar-refractivity contribution in [3.8, 4) is 0 Å². The first kappa shape index (κ1) is 25.4. The Hall–Kier alpha value is -2.18. The number of hydrogen-bond donors (Lipinski definition) is 1. The van der Waals surface area contributed by atoms with Crippen LogP contribution in [0.2, 0.25) is 0 Å². The van der Waals surface area contributed by atoms with Gasteiger partial charge in [-0.25, -0.2) is 13.1 Å². The molecule has 2 amide bonds. The SMILES string of the molecule is O=C(CNS(=O)(=O)c1cccc(C(F)(F)F)c1)N1CCN(CC(=O)N2CCCCCC2)CC1. The normalized spacial score (nSPS) is 18.8. The fraction of sp³-hybridized carbons (Fsp3) is 0.619. The summed E-state index contributed by atoms with van der Waals surface area (Å²) in [5.74, 6) is -0.380. The molecule has 0 unspecified atom stereocenters. The van der Waals surface area contributed by atoms with Crippen molar-refractivity contribution in [2.45, 2.75) is 36.8 Å². The second-order valence-corrected chi connectivity index (χ2v) is 10.1. The van der Waals surface area contributed by atoms with Gasteiger partial charge >= 0.3 is 6.18 Å². The van der Waals surface area contributed by atoms with E-state index in [4.69, 9.17) is 0 Å². The van der Waals surface area contributed by atoms with Crippen LogP contribution in [0, 0.1) is 0 Å². The minimum absolute atomic E-state index is 0.0884. The molecule has 2 aliphatic rings. The number of nitrogens with one attached hydrogen (secondary N) is 1. The lowest BCUT2D eigenvalue weighted by Crippen LogP contribution is -2.53. The minimum Gasteiger partial charge on any atom is -0.342 e. The Balaban J connectivity index is 1.47. The molecule has 12 heteroatoms. The van der Waals surface area contributed by atoms with E-state index in [1.807, 2.05) is 9.80 Å². The molecule has 0 radical (unpaired) electrons. The average Bonchev–Trinajstić information content (AvgIpc) is 3.07. The lowest BCUT2D eigenvalue weighted by molar-refractivity contribution is -0.138. The number of sulfonamides is 1. The van der Waals surface area contributed by atoms with Gasteiger partial charge in [0.1, 0.15) is 0 Å². The van der Waals surface area contributed by atoms with Crippen molar-refractivity contribution >= 4 is 21.8 Å². The van der Waals surface area contributed by atoms with Crippen molar-refractivity contribution in [2.75, 3.05) is 52.4 Å². The van der Waals surface area contributed by atoms with E-state index in [2.05, 4.69) is 4.72 Å². The van der Waals surface area contributed by atoms with Crippen LogP contribution in [0.5, 0.6) is 0 Å². The van der Waals surface area contributed by atoms with Crippen molar-refractivity contribution in [1.82, 2.24) is 19.4 Å². The van der Waals surface area contributed by atoms with Crippen LogP contribution in [-0.2, 0) is 25.8 Å². The molecule has 8 nitrogen and oxygen atoms in total. The highest BCUT2D eigenvalue weighted by Gasteiger charge is 2.32. The van der Waals surface area contributed by atoms with Crippen LogP contribution in [0.3, 0.4) is 0 Å². The molecule has 2 saturated heterocycles. The summed E-state index contributed by atoms with van der Waals surface area (Å²) >= 11 is 0. The number of amides is 2. The average molecular weight is 491 g/mol. The Morgan fingerprint density at radius 3 is 2.09 bits per heavy atom. The van der Waals surface area contributed by atoms with E-state index in [-0.39, 0.29) is 5.91 Å². The molecule has 0 bridgehead atoms. The molecule has 0 saturated carbocycles. The molecule has 0 atom stereocenters. The van der Waals surface area contributed by atoms with Gasteiger partial charge in [0.25, 0.3) is 0 Å². The van der Waals surface area contributed by atoms with E-state index in [9.17, 15) is 31.2 Å². The zero-order valence-corrected chi connectivity index (χ0v) is 19.1. The maximum absolute atomic E-state index is 12.8. The Morgan fingerprint density at radius 1 is 0.879 bits per heavy atom. The molecule has 0 aromatic heterocycles. The molecule has 0 aliphatic carbocycles. The standard InChI is InChI=1S/C21H29F3N4O4S/c22-21(23,24)17-6-5-7-18(14-17)33(31,32)25-15-19(29)28-12-10-26(11-13-28)16-20(30)27-8-3-1-2-4-9-27/h5-7,14,25H,1-4,8-13,15-16H2. The van der Waals surface area contributed by atoms with Gasteiger partial charge in [0.15, 0.2) is 0 Å². The van der Waals surface area contributed by atoms with Crippen molar-refractivity contribution in [3.63, 3.8) is 0 Å². The van der Waals surface area contributed by atoms with Gasteiger partial charge in [-0.3, -0.25) is 14.5 Å². The number of hydrogen-bond acceptors (Lipinski definition) is 5. The van der Waals surface area contributed by atoms with E-state index in [1.54, 1.807) is 0 Å². The van der Waals surface area contributed by atoms with Crippen molar-refractivity contribution < 1.29 is 31.2 Å². The summed E-state index contributed by atoms with van der Waals surface area (Å²) in [7, 11) is -4.28. The van der Waals surface area contributed by atoms with Gasteiger partial charge in [0.05, 0.1) is 23.5 Å². The number of nitrogens with zero attached hydrogens (tertiary/aromatic N) is 3. The Kier molecular flexibility index (Phi) is 8.35. The molecular weight excluding hydrogens is 461 g/mol. The fourth-order valence-corrected chi connectivity index (χ4v) is 4.98. The molecule has 2 fully saturated rings. The summed E-state index contributed by atoms with van der Waals surface area (Å²) < 4.78 is 65.3. The monoisotopic (exact) mass is 490 g/mol. The van der Waals surface area contributed by atoms with E-state index >= 15 is 0 Å². The summed E-state index contributed by atoms with van der Waals surface area (Å²) in [6.07, 6.45) is -0.353. The summed E-state index contributed by atoms with van der Waals surface area (Å²) in [5.41, 5.74) is -1.08. The summed E-state index contributed by atoms with van der Waals surface area (Å²) in [6.45, 7) is 2.98. The van der Waals surface area contributed by atoms with Crippen LogP contribution in [-0.4, -0.2) is 87.3 Å². The number of halogens is 3. The van der Waals surface area contributed by atoms with Gasteiger partial charge in [-0.1, -0.05) is 18.9 Å². The van der Waals surface area contributed by atoms with Crippen LogP contribution >= 0.6 is 0 Å². The van der Waals surface area contributed by atoms with Crippen LogP contribution in [0.15, 0.2) is 29.2 Å². The van der Waals surface area contributed by atoms with Crippen molar-refractivity contribution in [2.24, 2.45) is 0 Å². The van der Waals surface area contributed by atoms with Crippen molar-refractivity contribution in [1.29, 1.82) is 0 Å². The Labute approximate surface area is 191 Å². The first-order valence-corrected chi connectivity index (χ1v) is 12.5. The van der Waals surface area contributed by atoms with Crippen LogP contribution in [0.25, 0.3) is 0 Å². The number of carbonyl (C=O) groups is 2. The number of likely N-dealkylation sites (tertiary alicyclic amines) is 1. The van der Waals surface area contributed by atoms with Gasteiger partial charge in [0, 0.05) is 39.3 Å². The number of alkyl halides is 3. The smallest absolute Gasteiger partial charge is 0.342 e. The van der Waals surface area contributed by atoms with E-state index in [1.165, 1.54) is 4.90 Å². The minimum atomic E-state index is -4.67. The maximum atomic E-state index is 12.8. The van der Waals surface area contributed by atoms with Crippen molar-refractivity contribution in [3.05, 3.63) is 29.8 Å². The first-order chi connectivity index (χ1) is 15.6. The number of benzene rings is 1. The second kappa shape index (κ2) is 10.8. The predicted octanol–water partition coefficient (Wildman–Crippen LogP) is 1.53. The quantitative estimate of drug-likeness (QED) is 0.653. The lowest BCUT2D eigenvalue weighted by Gasteiger charge is -2.35. The molecular formula is C21H29F3N4O4S. The van der Waals surface area contributed by atoms with Crippen LogP contribution < -0.4 is 4.72 Å². The highest BCUT2D eigenvalue weighted by Crippen LogP contribution is 2.30. The summed E-state index contributed by atoms with van der Waals surface area (Å²) in [5, 5.41) is 0. The fourth-order valence-electron chi connectivity index (χ4n) is 3.96. The van der Waals surface area contributed by atoms with E-state index in [0.717, 1.165) is 57.0 Å².